The van der Waals surface area contributed by atoms with Crippen molar-refractivity contribution in [2.45, 2.75) is 72.6 Å². The molecular weight excluding hydrogens is 196 g/mol. The predicted octanol–water partition coefficient (Wildman–Crippen LogP) is 4.84. The minimum absolute atomic E-state index is 0.570. The second-order valence-corrected chi connectivity index (χ2v) is 5.67. The number of rotatable bonds is 10. The first-order chi connectivity index (χ1) is 7.60. The lowest BCUT2D eigenvalue weighted by molar-refractivity contribution is -0.108. The highest BCUT2D eigenvalue weighted by atomic mass is 16.1. The average molecular weight is 226 g/mol. The first-order valence-corrected chi connectivity index (χ1v) is 7.03. The molecule has 3 atom stereocenters. The summed E-state index contributed by atoms with van der Waals surface area (Å²) >= 11 is 0. The lowest BCUT2D eigenvalue weighted by atomic mass is 9.89. The Labute approximate surface area is 102 Å². The number of carbonyl (C=O) groups excluding carboxylic acids is 1. The number of hydrogen-bond acceptors (Lipinski definition) is 1. The van der Waals surface area contributed by atoms with E-state index in [1.807, 2.05) is 0 Å². The van der Waals surface area contributed by atoms with Crippen LogP contribution in [0.5, 0.6) is 0 Å². The molecule has 0 spiro atoms. The van der Waals surface area contributed by atoms with Gasteiger partial charge in [-0.1, -0.05) is 59.8 Å². The van der Waals surface area contributed by atoms with Crippen molar-refractivity contribution in [3.63, 3.8) is 0 Å². The van der Waals surface area contributed by atoms with Crippen LogP contribution in [0.2, 0.25) is 0 Å². The maximum atomic E-state index is 10.4. The molecule has 0 heterocycles. The maximum absolute atomic E-state index is 10.4. The summed E-state index contributed by atoms with van der Waals surface area (Å²) in [7, 11) is 0. The molecule has 0 fully saturated rings. The highest BCUT2D eigenvalue weighted by Crippen LogP contribution is 2.21. The van der Waals surface area contributed by atoms with Gasteiger partial charge in [-0.2, -0.15) is 0 Å². The second kappa shape index (κ2) is 9.86. The lowest BCUT2D eigenvalue weighted by Crippen LogP contribution is -2.04. The van der Waals surface area contributed by atoms with E-state index in [-0.39, 0.29) is 0 Å². The fourth-order valence-electron chi connectivity index (χ4n) is 2.52. The minimum atomic E-state index is 0.570. The largest absolute Gasteiger partial charge is 0.303 e. The van der Waals surface area contributed by atoms with Gasteiger partial charge in [0.05, 0.1) is 0 Å². The Morgan fingerprint density at radius 2 is 1.56 bits per heavy atom. The van der Waals surface area contributed by atoms with Crippen LogP contribution < -0.4 is 0 Å². The van der Waals surface area contributed by atoms with Crippen LogP contribution in [0.1, 0.15) is 72.6 Å². The summed E-state index contributed by atoms with van der Waals surface area (Å²) in [5, 5.41) is 0. The summed E-state index contributed by atoms with van der Waals surface area (Å²) in [6.45, 7) is 9.14. The molecule has 0 bridgehead atoms. The number of aldehydes is 1. The highest BCUT2D eigenvalue weighted by molar-refractivity contribution is 5.49. The van der Waals surface area contributed by atoms with E-state index in [0.29, 0.717) is 5.92 Å². The Morgan fingerprint density at radius 3 is 2.12 bits per heavy atom. The third kappa shape index (κ3) is 8.94. The molecule has 1 nitrogen and oxygen atoms in total. The van der Waals surface area contributed by atoms with Crippen molar-refractivity contribution in [3.05, 3.63) is 0 Å². The molecule has 0 amide bonds. The normalized spacial score (nSPS) is 16.8. The molecule has 0 aliphatic heterocycles. The molecule has 0 saturated carbocycles. The first kappa shape index (κ1) is 15.7. The van der Waals surface area contributed by atoms with E-state index in [4.69, 9.17) is 0 Å². The molecule has 0 rings (SSSR count). The monoisotopic (exact) mass is 226 g/mol. The van der Waals surface area contributed by atoms with Crippen LogP contribution in [-0.2, 0) is 4.79 Å². The predicted molar refractivity (Wildman–Crippen MR) is 71.5 cm³/mol. The SMILES string of the molecule is CCC[C@@H](C)CCC[C@H](C)C[C@H](C)CC=O. The molecule has 0 radical (unpaired) electrons. The van der Waals surface area contributed by atoms with Crippen molar-refractivity contribution in [1.29, 1.82) is 0 Å². The molecule has 0 aliphatic carbocycles. The summed E-state index contributed by atoms with van der Waals surface area (Å²) < 4.78 is 0. The molecule has 96 valence electrons. The number of hydrogen-bond donors (Lipinski definition) is 0. The van der Waals surface area contributed by atoms with E-state index in [1.54, 1.807) is 0 Å². The van der Waals surface area contributed by atoms with E-state index in [9.17, 15) is 4.79 Å². The molecular formula is C15H30O. The van der Waals surface area contributed by atoms with Gasteiger partial charge in [0.1, 0.15) is 6.29 Å². The molecule has 1 heteroatoms. The lowest BCUT2D eigenvalue weighted by Gasteiger charge is -2.16. The van der Waals surface area contributed by atoms with Crippen LogP contribution in [0, 0.1) is 17.8 Å². The van der Waals surface area contributed by atoms with Crippen LogP contribution >= 0.6 is 0 Å². The van der Waals surface area contributed by atoms with Crippen molar-refractivity contribution in [2.24, 2.45) is 17.8 Å². The fraction of sp³-hybridized carbons (Fsp3) is 0.933. The summed E-state index contributed by atoms with van der Waals surface area (Å²) in [5.74, 6) is 2.24. The Morgan fingerprint density at radius 1 is 0.938 bits per heavy atom. The van der Waals surface area contributed by atoms with Gasteiger partial charge in [0.2, 0.25) is 0 Å². The number of carbonyl (C=O) groups is 1. The van der Waals surface area contributed by atoms with E-state index in [2.05, 4.69) is 27.7 Å². The molecule has 0 aromatic carbocycles. The Kier molecular flexibility index (Phi) is 9.66. The molecule has 0 unspecified atom stereocenters. The van der Waals surface area contributed by atoms with Gasteiger partial charge in [-0.3, -0.25) is 0 Å². The zero-order chi connectivity index (χ0) is 12.4. The quantitative estimate of drug-likeness (QED) is 0.487. The third-order valence-electron chi connectivity index (χ3n) is 3.48. The van der Waals surface area contributed by atoms with Gasteiger partial charge in [-0.05, 0) is 24.2 Å². The van der Waals surface area contributed by atoms with Gasteiger partial charge >= 0.3 is 0 Å². The third-order valence-corrected chi connectivity index (χ3v) is 3.48. The Hall–Kier alpha value is -0.330. The average Bonchev–Trinajstić information content (AvgIpc) is 2.18. The van der Waals surface area contributed by atoms with Gasteiger partial charge in [0, 0.05) is 6.42 Å². The summed E-state index contributed by atoms with van der Waals surface area (Å²) in [6, 6.07) is 0. The molecule has 0 aliphatic rings. The van der Waals surface area contributed by atoms with Crippen molar-refractivity contribution in [1.82, 2.24) is 0 Å². The van der Waals surface area contributed by atoms with E-state index in [0.717, 1.165) is 24.5 Å². The standard InChI is InChI=1S/C15H30O/c1-5-7-13(2)8-6-9-14(3)12-15(4)10-11-16/h11,13-15H,5-10,12H2,1-4H3/t13-,14+,15-/m1/s1. The Balaban J connectivity index is 3.49. The van der Waals surface area contributed by atoms with E-state index in [1.165, 1.54) is 38.5 Å². The summed E-state index contributed by atoms with van der Waals surface area (Å²) in [6.07, 6.45) is 9.74. The van der Waals surface area contributed by atoms with Gasteiger partial charge in [0.25, 0.3) is 0 Å². The van der Waals surface area contributed by atoms with E-state index >= 15 is 0 Å². The molecule has 0 aromatic heterocycles. The van der Waals surface area contributed by atoms with Crippen LogP contribution in [0.4, 0.5) is 0 Å². The topological polar surface area (TPSA) is 17.1 Å². The van der Waals surface area contributed by atoms with Crippen LogP contribution in [-0.4, -0.2) is 6.29 Å². The van der Waals surface area contributed by atoms with Crippen LogP contribution in [0.25, 0.3) is 0 Å². The van der Waals surface area contributed by atoms with Crippen molar-refractivity contribution < 1.29 is 4.79 Å². The maximum Gasteiger partial charge on any atom is 0.120 e. The molecule has 0 saturated heterocycles. The minimum Gasteiger partial charge on any atom is -0.303 e. The van der Waals surface area contributed by atoms with Gasteiger partial charge in [-0.15, -0.1) is 0 Å². The van der Waals surface area contributed by atoms with Gasteiger partial charge < -0.3 is 4.79 Å². The Bertz CT molecular complexity index is 165. The highest BCUT2D eigenvalue weighted by Gasteiger charge is 2.09. The molecule has 0 aromatic rings. The van der Waals surface area contributed by atoms with Crippen LogP contribution in [0.3, 0.4) is 0 Å². The van der Waals surface area contributed by atoms with Gasteiger partial charge in [0.15, 0.2) is 0 Å². The molecule has 0 N–H and O–H groups in total. The van der Waals surface area contributed by atoms with Crippen molar-refractivity contribution in [3.8, 4) is 0 Å². The summed E-state index contributed by atoms with van der Waals surface area (Å²) in [5.41, 5.74) is 0. The zero-order valence-corrected chi connectivity index (χ0v) is 11.7. The summed E-state index contributed by atoms with van der Waals surface area (Å²) in [4.78, 5) is 10.4. The first-order valence-electron chi connectivity index (χ1n) is 7.03. The van der Waals surface area contributed by atoms with E-state index < -0.39 is 0 Å². The van der Waals surface area contributed by atoms with Crippen molar-refractivity contribution in [2.75, 3.05) is 0 Å². The van der Waals surface area contributed by atoms with Gasteiger partial charge in [-0.25, -0.2) is 0 Å². The molecule has 16 heavy (non-hydrogen) atoms. The zero-order valence-electron chi connectivity index (χ0n) is 11.7. The second-order valence-electron chi connectivity index (χ2n) is 5.67. The van der Waals surface area contributed by atoms with Crippen molar-refractivity contribution >= 4 is 6.29 Å². The fourth-order valence-corrected chi connectivity index (χ4v) is 2.52. The smallest absolute Gasteiger partial charge is 0.120 e. The van der Waals surface area contributed by atoms with Crippen LogP contribution in [0.15, 0.2) is 0 Å².